The average Bonchev–Trinajstić information content (AvgIpc) is 2.68. The van der Waals surface area contributed by atoms with Crippen LogP contribution >= 0.6 is 0 Å². The highest BCUT2D eigenvalue weighted by Crippen LogP contribution is 2.31. The van der Waals surface area contributed by atoms with Gasteiger partial charge in [0.05, 0.1) is 12.3 Å². The van der Waals surface area contributed by atoms with Crippen LogP contribution in [0, 0.1) is 12.8 Å². The van der Waals surface area contributed by atoms with Crippen molar-refractivity contribution in [3.8, 4) is 0 Å². The summed E-state index contributed by atoms with van der Waals surface area (Å²) in [6, 6.07) is 0.178. The molecule has 0 bridgehead atoms. The number of hydrogen-bond acceptors (Lipinski definition) is 3. The number of hydrogen-bond donors (Lipinski definition) is 2. The van der Waals surface area contributed by atoms with Crippen LogP contribution in [-0.4, -0.2) is 32.9 Å². The van der Waals surface area contributed by atoms with Crippen molar-refractivity contribution in [3.05, 3.63) is 18.0 Å². The summed E-state index contributed by atoms with van der Waals surface area (Å²) < 4.78 is 1.65. The van der Waals surface area contributed by atoms with Gasteiger partial charge in [0.25, 0.3) is 0 Å². The van der Waals surface area contributed by atoms with Crippen molar-refractivity contribution in [2.24, 2.45) is 5.92 Å². The molecule has 2 N–H and O–H groups in total. The zero-order chi connectivity index (χ0) is 13.1. The quantitative estimate of drug-likeness (QED) is 0.815. The van der Waals surface area contributed by atoms with Gasteiger partial charge in [0, 0.05) is 12.2 Å². The number of aromatic nitrogens is 2. The smallest absolute Gasteiger partial charge is 0.241 e. The molecule has 2 rings (SSSR count). The predicted molar refractivity (Wildman–Crippen MR) is 67.9 cm³/mol. The van der Waals surface area contributed by atoms with E-state index < -0.39 is 0 Å². The molecule has 1 aliphatic carbocycles. The molecule has 0 saturated heterocycles. The largest absolute Gasteiger partial charge is 0.393 e. The summed E-state index contributed by atoms with van der Waals surface area (Å²) in [5.74, 6) is 0.416. The number of amides is 1. The van der Waals surface area contributed by atoms with Gasteiger partial charge in [0.1, 0.15) is 6.54 Å². The number of aryl methyl sites for hydroxylation is 1. The fourth-order valence-corrected chi connectivity index (χ4v) is 2.46. The highest BCUT2D eigenvalue weighted by Gasteiger charge is 2.33. The molecule has 18 heavy (non-hydrogen) atoms. The normalized spacial score (nSPS) is 24.4. The minimum Gasteiger partial charge on any atom is -0.393 e. The Hall–Kier alpha value is -1.36. The third-order valence-corrected chi connectivity index (χ3v) is 3.57. The molecule has 1 amide bonds. The van der Waals surface area contributed by atoms with E-state index in [4.69, 9.17) is 0 Å². The third-order valence-electron chi connectivity index (χ3n) is 3.57. The SMILES string of the molecule is CC[C@H](NC(=O)Cn1cc(C)cn1)C1CC(O)C1. The summed E-state index contributed by atoms with van der Waals surface area (Å²) >= 11 is 0. The van der Waals surface area contributed by atoms with E-state index in [2.05, 4.69) is 17.3 Å². The van der Waals surface area contributed by atoms with Crippen molar-refractivity contribution < 1.29 is 9.90 Å². The summed E-state index contributed by atoms with van der Waals surface area (Å²) in [4.78, 5) is 11.9. The van der Waals surface area contributed by atoms with Crippen molar-refractivity contribution in [1.29, 1.82) is 0 Å². The molecule has 1 saturated carbocycles. The predicted octanol–water partition coefficient (Wildman–Crippen LogP) is 0.857. The van der Waals surface area contributed by atoms with Crippen molar-refractivity contribution in [2.75, 3.05) is 0 Å². The van der Waals surface area contributed by atoms with Gasteiger partial charge in [-0.15, -0.1) is 0 Å². The molecular formula is C13H21N3O2. The molecule has 5 heteroatoms. The lowest BCUT2D eigenvalue weighted by Gasteiger charge is -2.37. The van der Waals surface area contributed by atoms with Crippen molar-refractivity contribution in [3.63, 3.8) is 0 Å². The van der Waals surface area contributed by atoms with Gasteiger partial charge in [-0.25, -0.2) is 0 Å². The van der Waals surface area contributed by atoms with Crippen LogP contribution < -0.4 is 5.32 Å². The number of nitrogens with one attached hydrogen (secondary N) is 1. The van der Waals surface area contributed by atoms with Gasteiger partial charge in [0.2, 0.25) is 5.91 Å². The maximum absolute atomic E-state index is 11.9. The van der Waals surface area contributed by atoms with Crippen LogP contribution in [0.2, 0.25) is 0 Å². The molecular weight excluding hydrogens is 230 g/mol. The summed E-state index contributed by atoms with van der Waals surface area (Å²) in [6.45, 7) is 4.28. The van der Waals surface area contributed by atoms with Crippen LogP contribution in [0.5, 0.6) is 0 Å². The Kier molecular flexibility index (Phi) is 4.01. The summed E-state index contributed by atoms with van der Waals surface area (Å²) in [7, 11) is 0. The van der Waals surface area contributed by atoms with Gasteiger partial charge in [-0.05, 0) is 37.7 Å². The van der Waals surface area contributed by atoms with E-state index in [9.17, 15) is 9.90 Å². The van der Waals surface area contributed by atoms with Crippen LogP contribution in [-0.2, 0) is 11.3 Å². The molecule has 0 aromatic carbocycles. The molecule has 0 radical (unpaired) electrons. The maximum atomic E-state index is 11.9. The third kappa shape index (κ3) is 3.10. The van der Waals surface area contributed by atoms with E-state index in [1.807, 2.05) is 13.1 Å². The Morgan fingerprint density at radius 3 is 2.89 bits per heavy atom. The Balaban J connectivity index is 1.82. The summed E-state index contributed by atoms with van der Waals surface area (Å²) in [5.41, 5.74) is 1.05. The summed E-state index contributed by atoms with van der Waals surface area (Å²) in [5, 5.41) is 16.4. The van der Waals surface area contributed by atoms with E-state index in [1.165, 1.54) is 0 Å². The minimum absolute atomic E-state index is 0.00802. The molecule has 0 unspecified atom stereocenters. The van der Waals surface area contributed by atoms with Gasteiger partial charge in [-0.2, -0.15) is 5.10 Å². The van der Waals surface area contributed by atoms with Gasteiger partial charge in [-0.1, -0.05) is 6.92 Å². The van der Waals surface area contributed by atoms with Crippen molar-refractivity contribution in [2.45, 2.75) is 51.8 Å². The maximum Gasteiger partial charge on any atom is 0.241 e. The van der Waals surface area contributed by atoms with Crippen LogP contribution in [0.1, 0.15) is 31.7 Å². The molecule has 1 aromatic rings. The molecule has 0 spiro atoms. The lowest BCUT2D eigenvalue weighted by atomic mass is 9.76. The first kappa shape index (κ1) is 13.1. The number of aliphatic hydroxyl groups excluding tert-OH is 1. The molecule has 100 valence electrons. The molecule has 1 atom stereocenters. The fraction of sp³-hybridized carbons (Fsp3) is 0.692. The van der Waals surface area contributed by atoms with Crippen LogP contribution in [0.4, 0.5) is 0 Å². The first-order valence-corrected chi connectivity index (χ1v) is 6.55. The number of carbonyl (C=O) groups excluding carboxylic acids is 1. The van der Waals surface area contributed by atoms with Gasteiger partial charge >= 0.3 is 0 Å². The Morgan fingerprint density at radius 1 is 1.67 bits per heavy atom. The number of carbonyl (C=O) groups is 1. The van der Waals surface area contributed by atoms with E-state index in [1.54, 1.807) is 10.9 Å². The first-order chi connectivity index (χ1) is 8.58. The van der Waals surface area contributed by atoms with Gasteiger partial charge < -0.3 is 10.4 Å². The van der Waals surface area contributed by atoms with E-state index in [0.717, 1.165) is 24.8 Å². The lowest BCUT2D eigenvalue weighted by molar-refractivity contribution is -0.123. The van der Waals surface area contributed by atoms with Crippen molar-refractivity contribution in [1.82, 2.24) is 15.1 Å². The zero-order valence-corrected chi connectivity index (χ0v) is 11.0. The number of rotatable bonds is 5. The molecule has 5 nitrogen and oxygen atoms in total. The van der Waals surface area contributed by atoms with Gasteiger partial charge in [0.15, 0.2) is 0 Å². The molecule has 1 fully saturated rings. The Bertz CT molecular complexity index is 410. The summed E-state index contributed by atoms with van der Waals surface area (Å²) in [6.07, 6.45) is 5.94. The highest BCUT2D eigenvalue weighted by molar-refractivity contribution is 5.76. The molecule has 1 heterocycles. The van der Waals surface area contributed by atoms with E-state index in [0.29, 0.717) is 5.92 Å². The van der Waals surface area contributed by atoms with Crippen molar-refractivity contribution >= 4 is 5.91 Å². The number of nitrogens with zero attached hydrogens (tertiary/aromatic N) is 2. The van der Waals surface area contributed by atoms with Crippen LogP contribution in [0.25, 0.3) is 0 Å². The van der Waals surface area contributed by atoms with Crippen LogP contribution in [0.3, 0.4) is 0 Å². The lowest BCUT2D eigenvalue weighted by Crippen LogP contribution is -2.47. The Labute approximate surface area is 107 Å². The second-order valence-electron chi connectivity index (χ2n) is 5.18. The zero-order valence-electron chi connectivity index (χ0n) is 11.0. The second-order valence-corrected chi connectivity index (χ2v) is 5.18. The Morgan fingerprint density at radius 2 is 2.39 bits per heavy atom. The van der Waals surface area contributed by atoms with E-state index >= 15 is 0 Å². The topological polar surface area (TPSA) is 67.2 Å². The fourth-order valence-electron chi connectivity index (χ4n) is 2.46. The monoisotopic (exact) mass is 251 g/mol. The van der Waals surface area contributed by atoms with Gasteiger partial charge in [-0.3, -0.25) is 9.48 Å². The second kappa shape index (κ2) is 5.52. The van der Waals surface area contributed by atoms with Crippen LogP contribution in [0.15, 0.2) is 12.4 Å². The minimum atomic E-state index is -0.172. The first-order valence-electron chi connectivity index (χ1n) is 6.55. The molecule has 0 aliphatic heterocycles. The molecule has 1 aliphatic rings. The highest BCUT2D eigenvalue weighted by atomic mass is 16.3. The standard InChI is InChI=1S/C13H21N3O2/c1-3-12(10-4-11(17)5-10)15-13(18)8-16-7-9(2)6-14-16/h6-7,10-12,17H,3-5,8H2,1-2H3,(H,15,18)/t10?,11?,12-/m0/s1. The molecule has 1 aromatic heterocycles. The van der Waals surface area contributed by atoms with E-state index in [-0.39, 0.29) is 24.6 Å². The average molecular weight is 251 g/mol. The number of aliphatic hydroxyl groups is 1.